The maximum Gasteiger partial charge on any atom is 0.394 e. The number of anilines is 1. The maximum absolute atomic E-state index is 13.4. The van der Waals surface area contributed by atoms with Gasteiger partial charge in [-0.3, -0.25) is 14.3 Å². The third-order valence-corrected chi connectivity index (χ3v) is 8.00. The molecule has 2 heterocycles. The first-order valence-corrected chi connectivity index (χ1v) is 14.2. The lowest BCUT2D eigenvalue weighted by molar-refractivity contribution is -0.138. The molecular formula is C28H30F2N3O6P. The van der Waals surface area contributed by atoms with Crippen molar-refractivity contribution < 1.29 is 37.8 Å². The molecule has 0 aliphatic carbocycles. The number of hydrogen-bond donors (Lipinski definition) is 4. The highest BCUT2D eigenvalue weighted by Crippen LogP contribution is 2.55. The van der Waals surface area contributed by atoms with E-state index in [-0.39, 0.29) is 18.8 Å². The normalized spacial score (nSPS) is 13.1. The number of nitrogens with zero attached hydrogens (tertiary/aromatic N) is 2. The number of aliphatic carboxylic acids is 1. The molecular weight excluding hydrogens is 543 g/mol. The molecule has 1 atom stereocenters. The summed E-state index contributed by atoms with van der Waals surface area (Å²) in [7, 11) is -5.49. The molecule has 5 N–H and O–H groups in total. The number of halogens is 2. The third-order valence-electron chi connectivity index (χ3n) is 6.92. The predicted octanol–water partition coefficient (Wildman–Crippen LogP) is 5.58. The van der Waals surface area contributed by atoms with Crippen molar-refractivity contribution in [1.29, 1.82) is 0 Å². The van der Waals surface area contributed by atoms with Gasteiger partial charge in [-0.15, -0.1) is 0 Å². The monoisotopic (exact) mass is 573 g/mol. The van der Waals surface area contributed by atoms with Gasteiger partial charge in [-0.2, -0.15) is 8.78 Å². The molecule has 12 heteroatoms. The van der Waals surface area contributed by atoms with Gasteiger partial charge in [0, 0.05) is 23.4 Å². The van der Waals surface area contributed by atoms with Gasteiger partial charge in [0.15, 0.2) is 5.82 Å². The summed E-state index contributed by atoms with van der Waals surface area (Å²) in [6, 6.07) is 12.8. The molecule has 2 aromatic heterocycles. The van der Waals surface area contributed by atoms with Crippen LogP contribution in [-0.2, 0) is 22.2 Å². The number of pyridine rings is 2. The zero-order valence-corrected chi connectivity index (χ0v) is 22.9. The number of carboxylic acid groups (broad SMARTS) is 1. The Morgan fingerprint density at radius 2 is 1.88 bits per heavy atom. The standard InChI is InChI=1S/C28H30F2N3O6P/c1-16-12-21(39-11-3-10-28(29,30)40(36,37)38)8-6-19(16)5-4-18-13-23-22-9-7-20(17(2)27(34)35)14-24(22)33-26(31)25(23)32-15-18/h6-9,12-15,17H,3-5,10-11H2,1-2H3,(H2,31,33)(H,34,35)(H2,36,37,38). The molecule has 0 aliphatic rings. The van der Waals surface area contributed by atoms with Gasteiger partial charge in [-0.1, -0.05) is 18.2 Å². The fraction of sp³-hybridized carbons (Fsp3) is 0.321. The molecule has 0 saturated carbocycles. The molecule has 4 aromatic rings. The SMILES string of the molecule is Cc1cc(OCCCC(F)(F)P(=O)(O)O)ccc1CCc1cnc2c(N)nc3cc(C(C)C(=O)O)ccc3c2c1. The number of nitrogens with two attached hydrogens (primary N) is 1. The number of rotatable bonds is 11. The zero-order valence-electron chi connectivity index (χ0n) is 22.0. The quantitative estimate of drug-likeness (QED) is 0.102. The summed E-state index contributed by atoms with van der Waals surface area (Å²) in [4.78, 5) is 37.8. The largest absolute Gasteiger partial charge is 0.494 e. The second-order valence-electron chi connectivity index (χ2n) is 9.82. The van der Waals surface area contributed by atoms with Gasteiger partial charge in [-0.05, 0) is 79.6 Å². The number of hydrogen-bond acceptors (Lipinski definition) is 6. The molecule has 40 heavy (non-hydrogen) atoms. The smallest absolute Gasteiger partial charge is 0.394 e. The van der Waals surface area contributed by atoms with Crippen molar-refractivity contribution in [2.75, 3.05) is 12.3 Å². The second kappa shape index (κ2) is 11.4. The number of fused-ring (bicyclic) bond motifs is 3. The summed E-state index contributed by atoms with van der Waals surface area (Å²) in [5.74, 6) is -0.842. The molecule has 4 rings (SSSR count). The van der Waals surface area contributed by atoms with E-state index in [0.29, 0.717) is 35.2 Å². The molecule has 0 radical (unpaired) electrons. The molecule has 0 amide bonds. The van der Waals surface area contributed by atoms with Gasteiger partial charge >= 0.3 is 19.2 Å². The summed E-state index contributed by atoms with van der Waals surface area (Å²) >= 11 is 0. The number of nitrogen functional groups attached to an aromatic ring is 1. The first-order chi connectivity index (χ1) is 18.8. The van der Waals surface area contributed by atoms with Gasteiger partial charge in [-0.25, -0.2) is 4.98 Å². The second-order valence-corrected chi connectivity index (χ2v) is 11.6. The van der Waals surface area contributed by atoms with Crippen LogP contribution in [0.5, 0.6) is 5.75 Å². The Kier molecular flexibility index (Phi) is 8.39. The first-order valence-electron chi connectivity index (χ1n) is 12.6. The minimum atomic E-state index is -5.49. The van der Waals surface area contributed by atoms with E-state index in [1.54, 1.807) is 37.4 Å². The molecule has 212 valence electrons. The van der Waals surface area contributed by atoms with Crippen LogP contribution < -0.4 is 10.5 Å². The van der Waals surface area contributed by atoms with Crippen molar-refractivity contribution >= 4 is 41.2 Å². The highest BCUT2D eigenvalue weighted by atomic mass is 31.2. The van der Waals surface area contributed by atoms with Crippen LogP contribution in [0.25, 0.3) is 21.8 Å². The molecule has 0 aliphatic heterocycles. The lowest BCUT2D eigenvalue weighted by Crippen LogP contribution is -2.17. The number of carboxylic acids is 1. The van der Waals surface area contributed by atoms with E-state index in [2.05, 4.69) is 9.97 Å². The third kappa shape index (κ3) is 6.38. The number of benzene rings is 2. The minimum Gasteiger partial charge on any atom is -0.494 e. The molecule has 9 nitrogen and oxygen atoms in total. The predicted molar refractivity (Wildman–Crippen MR) is 148 cm³/mol. The number of aryl methyl sites for hydroxylation is 3. The van der Waals surface area contributed by atoms with Crippen LogP contribution in [0.4, 0.5) is 14.6 Å². The Labute approximate surface area is 229 Å². The van der Waals surface area contributed by atoms with Crippen LogP contribution in [0.2, 0.25) is 0 Å². The summed E-state index contributed by atoms with van der Waals surface area (Å²) in [6.45, 7) is 3.43. The van der Waals surface area contributed by atoms with E-state index in [4.69, 9.17) is 20.3 Å². The van der Waals surface area contributed by atoms with Gasteiger partial charge in [0.05, 0.1) is 18.0 Å². The van der Waals surface area contributed by atoms with E-state index in [1.165, 1.54) is 0 Å². The summed E-state index contributed by atoms with van der Waals surface area (Å²) in [6.07, 6.45) is 1.97. The Morgan fingerprint density at radius 3 is 2.55 bits per heavy atom. The average Bonchev–Trinajstić information content (AvgIpc) is 2.89. The van der Waals surface area contributed by atoms with Crippen molar-refractivity contribution in [3.63, 3.8) is 0 Å². The van der Waals surface area contributed by atoms with E-state index in [0.717, 1.165) is 27.5 Å². The van der Waals surface area contributed by atoms with E-state index in [9.17, 15) is 23.2 Å². The Morgan fingerprint density at radius 1 is 1.12 bits per heavy atom. The lowest BCUT2D eigenvalue weighted by Gasteiger charge is -2.17. The highest BCUT2D eigenvalue weighted by molar-refractivity contribution is 7.53. The topological polar surface area (TPSA) is 156 Å². The number of ether oxygens (including phenoxy) is 1. The Balaban J connectivity index is 1.45. The molecule has 0 bridgehead atoms. The van der Waals surface area contributed by atoms with Crippen molar-refractivity contribution in [3.05, 3.63) is 70.9 Å². The average molecular weight is 574 g/mol. The van der Waals surface area contributed by atoms with Crippen molar-refractivity contribution in [1.82, 2.24) is 9.97 Å². The fourth-order valence-corrected chi connectivity index (χ4v) is 4.91. The van der Waals surface area contributed by atoms with Crippen LogP contribution in [-0.4, -0.2) is 43.1 Å². The zero-order chi connectivity index (χ0) is 29.2. The highest BCUT2D eigenvalue weighted by Gasteiger charge is 2.47. The van der Waals surface area contributed by atoms with Gasteiger partial charge < -0.3 is 25.4 Å². The first kappa shape index (κ1) is 29.3. The molecule has 1 unspecified atom stereocenters. The number of carbonyl (C=O) groups is 1. The summed E-state index contributed by atoms with van der Waals surface area (Å²) < 4.78 is 43.1. The molecule has 2 aromatic carbocycles. The van der Waals surface area contributed by atoms with Crippen LogP contribution in [0.15, 0.2) is 48.7 Å². The van der Waals surface area contributed by atoms with E-state index in [1.807, 2.05) is 25.1 Å². The molecule has 0 fully saturated rings. The van der Waals surface area contributed by atoms with Crippen LogP contribution in [0.1, 0.15) is 47.9 Å². The summed E-state index contributed by atoms with van der Waals surface area (Å²) in [5, 5.41) is 11.0. The fourth-order valence-electron chi connectivity index (χ4n) is 4.46. The number of alkyl halides is 2. The number of aromatic nitrogens is 2. The van der Waals surface area contributed by atoms with Gasteiger partial charge in [0.2, 0.25) is 0 Å². The minimum absolute atomic E-state index is 0.0974. The molecule has 0 spiro atoms. The summed E-state index contributed by atoms with van der Waals surface area (Å²) in [5.41, 5.74) is 6.91. The van der Waals surface area contributed by atoms with Crippen molar-refractivity contribution in [2.24, 2.45) is 0 Å². The lowest BCUT2D eigenvalue weighted by atomic mass is 9.97. The van der Waals surface area contributed by atoms with Gasteiger partial charge in [0.25, 0.3) is 0 Å². The Bertz CT molecular complexity index is 1630. The maximum atomic E-state index is 13.4. The van der Waals surface area contributed by atoms with Crippen LogP contribution in [0.3, 0.4) is 0 Å². The van der Waals surface area contributed by atoms with Crippen LogP contribution >= 0.6 is 7.60 Å². The van der Waals surface area contributed by atoms with Crippen molar-refractivity contribution in [3.8, 4) is 5.75 Å². The molecule has 0 saturated heterocycles. The Hall–Kier alpha value is -3.66. The van der Waals surface area contributed by atoms with Crippen LogP contribution in [0, 0.1) is 6.92 Å². The van der Waals surface area contributed by atoms with E-state index < -0.39 is 31.6 Å². The van der Waals surface area contributed by atoms with Crippen molar-refractivity contribution in [2.45, 2.75) is 51.1 Å². The van der Waals surface area contributed by atoms with E-state index >= 15 is 0 Å². The van der Waals surface area contributed by atoms with Gasteiger partial charge in [0.1, 0.15) is 11.3 Å².